The lowest BCUT2D eigenvalue weighted by molar-refractivity contribution is 0.100. The molecule has 0 aliphatic carbocycles. The van der Waals surface area contributed by atoms with Crippen LogP contribution in [0.4, 0.5) is 0 Å². The second kappa shape index (κ2) is 9.25. The molecule has 31 heavy (non-hydrogen) atoms. The van der Waals surface area contributed by atoms with Gasteiger partial charge in [0.2, 0.25) is 5.91 Å². The lowest BCUT2D eigenvalue weighted by Crippen LogP contribution is -2.11. The molecule has 159 valence electrons. The molecule has 1 aromatic heterocycles. The molecule has 1 radical (unpaired) electrons. The summed E-state index contributed by atoms with van der Waals surface area (Å²) in [5.74, 6) is 0.460. The van der Waals surface area contributed by atoms with Crippen LogP contribution in [0.1, 0.15) is 54.6 Å². The molecule has 4 nitrogen and oxygen atoms in total. The van der Waals surface area contributed by atoms with Crippen molar-refractivity contribution >= 4 is 27.7 Å². The van der Waals surface area contributed by atoms with Gasteiger partial charge >= 0.3 is 0 Å². The number of carbonyl (C=O) groups is 1. The van der Waals surface area contributed by atoms with E-state index >= 15 is 0 Å². The van der Waals surface area contributed by atoms with Crippen LogP contribution in [0.15, 0.2) is 54.6 Å². The standard InChI is InChI=1S/C27H29N2O2/c1-3-5-6-8-19-13-16-22-25(17-19)29(18-20-11-14-21(15-12-20)31-4-2)24-10-7-9-23(26(22)24)27(28)30/h7,9-15,17H,3-6,8,18H2,1-2H3,(H2,28,30). The SMILES string of the molecule is CCCCCc1c[c]c2c3c(C(N)=O)cccc3n(Cc3ccc(OCC)cc3)c2c1. The van der Waals surface area contributed by atoms with Crippen LogP contribution in [0.5, 0.6) is 5.75 Å². The Morgan fingerprint density at radius 3 is 2.55 bits per heavy atom. The van der Waals surface area contributed by atoms with Gasteiger partial charge in [-0.15, -0.1) is 0 Å². The number of ether oxygens (including phenoxy) is 1. The number of hydrogen-bond donors (Lipinski definition) is 1. The van der Waals surface area contributed by atoms with Gasteiger partial charge in [-0.3, -0.25) is 4.79 Å². The second-order valence-electron chi connectivity index (χ2n) is 7.95. The summed E-state index contributed by atoms with van der Waals surface area (Å²) >= 11 is 0. The van der Waals surface area contributed by atoms with E-state index in [1.165, 1.54) is 30.4 Å². The maximum absolute atomic E-state index is 12.2. The Hall–Kier alpha value is -3.27. The van der Waals surface area contributed by atoms with Gasteiger partial charge in [0, 0.05) is 22.9 Å². The van der Waals surface area contributed by atoms with Gasteiger partial charge in [-0.05, 0) is 67.3 Å². The molecule has 2 N–H and O–H groups in total. The molecule has 0 saturated heterocycles. The highest BCUT2D eigenvalue weighted by Gasteiger charge is 2.17. The molecule has 4 aromatic rings. The molecule has 1 heterocycles. The summed E-state index contributed by atoms with van der Waals surface area (Å²) in [5, 5.41) is 1.84. The van der Waals surface area contributed by atoms with Gasteiger partial charge < -0.3 is 15.0 Å². The molecule has 0 spiro atoms. The third kappa shape index (κ3) is 4.29. The van der Waals surface area contributed by atoms with Crippen molar-refractivity contribution in [2.75, 3.05) is 6.61 Å². The Morgan fingerprint density at radius 1 is 1.03 bits per heavy atom. The molecule has 0 unspecified atom stereocenters. The fourth-order valence-electron chi connectivity index (χ4n) is 4.24. The molecular weight excluding hydrogens is 384 g/mol. The number of hydrogen-bond acceptors (Lipinski definition) is 2. The predicted octanol–water partition coefficient (Wildman–Crippen LogP) is 5.87. The zero-order valence-corrected chi connectivity index (χ0v) is 18.3. The van der Waals surface area contributed by atoms with Crippen LogP contribution in [-0.2, 0) is 13.0 Å². The van der Waals surface area contributed by atoms with Gasteiger partial charge in [-0.25, -0.2) is 0 Å². The number of nitrogens with two attached hydrogens (primary N) is 1. The van der Waals surface area contributed by atoms with Crippen LogP contribution < -0.4 is 10.5 Å². The second-order valence-corrected chi connectivity index (χ2v) is 7.95. The van der Waals surface area contributed by atoms with E-state index < -0.39 is 5.91 Å². The fraction of sp³-hybridized carbons (Fsp3) is 0.296. The molecule has 0 fully saturated rings. The molecule has 4 rings (SSSR count). The zero-order chi connectivity index (χ0) is 21.8. The van der Waals surface area contributed by atoms with E-state index in [0.717, 1.165) is 34.0 Å². The number of aromatic nitrogens is 1. The van der Waals surface area contributed by atoms with E-state index in [0.29, 0.717) is 18.7 Å². The maximum Gasteiger partial charge on any atom is 0.249 e. The van der Waals surface area contributed by atoms with Crippen molar-refractivity contribution in [3.8, 4) is 5.75 Å². The Morgan fingerprint density at radius 2 is 1.84 bits per heavy atom. The van der Waals surface area contributed by atoms with Gasteiger partial charge in [0.1, 0.15) is 5.75 Å². The normalized spacial score (nSPS) is 11.3. The van der Waals surface area contributed by atoms with Crippen LogP contribution >= 0.6 is 0 Å². The molecule has 0 aliphatic rings. The number of aryl methyl sites for hydroxylation is 1. The number of rotatable bonds is 9. The van der Waals surface area contributed by atoms with Crippen molar-refractivity contribution in [2.24, 2.45) is 5.73 Å². The number of benzene rings is 3. The highest BCUT2D eigenvalue weighted by molar-refractivity contribution is 6.17. The number of carbonyl (C=O) groups excluding carboxylic acids is 1. The topological polar surface area (TPSA) is 57.2 Å². The Labute approximate surface area is 183 Å². The van der Waals surface area contributed by atoms with Crippen molar-refractivity contribution in [2.45, 2.75) is 46.1 Å². The van der Waals surface area contributed by atoms with Crippen molar-refractivity contribution in [3.05, 3.63) is 77.4 Å². The van der Waals surface area contributed by atoms with Crippen LogP contribution in [0.25, 0.3) is 21.8 Å². The quantitative estimate of drug-likeness (QED) is 0.349. The summed E-state index contributed by atoms with van der Waals surface area (Å²) in [5.41, 5.74) is 10.8. The summed E-state index contributed by atoms with van der Waals surface area (Å²) < 4.78 is 7.85. The van der Waals surface area contributed by atoms with E-state index in [1.54, 1.807) is 6.07 Å². The highest BCUT2D eigenvalue weighted by atomic mass is 16.5. The average molecular weight is 414 g/mol. The predicted molar refractivity (Wildman–Crippen MR) is 127 cm³/mol. The Bertz CT molecular complexity index is 1210. The van der Waals surface area contributed by atoms with Crippen molar-refractivity contribution < 1.29 is 9.53 Å². The molecule has 0 atom stereocenters. The maximum atomic E-state index is 12.2. The van der Waals surface area contributed by atoms with Crippen molar-refractivity contribution in [1.82, 2.24) is 4.57 Å². The van der Waals surface area contributed by atoms with E-state index in [1.807, 2.05) is 25.1 Å². The molecule has 0 aliphatic heterocycles. The summed E-state index contributed by atoms with van der Waals surface area (Å²) in [6, 6.07) is 21.7. The molecule has 4 heteroatoms. The monoisotopic (exact) mass is 413 g/mol. The third-order valence-electron chi connectivity index (χ3n) is 5.76. The van der Waals surface area contributed by atoms with Gasteiger partial charge in [-0.2, -0.15) is 0 Å². The first-order valence-corrected chi connectivity index (χ1v) is 11.1. The molecule has 1 amide bonds. The van der Waals surface area contributed by atoms with Gasteiger partial charge in [-0.1, -0.05) is 44.0 Å². The van der Waals surface area contributed by atoms with Crippen molar-refractivity contribution in [1.29, 1.82) is 0 Å². The summed E-state index contributed by atoms with van der Waals surface area (Å²) in [4.78, 5) is 12.2. The molecule has 3 aromatic carbocycles. The highest BCUT2D eigenvalue weighted by Crippen LogP contribution is 2.33. The smallest absolute Gasteiger partial charge is 0.249 e. The van der Waals surface area contributed by atoms with E-state index in [4.69, 9.17) is 10.5 Å². The average Bonchev–Trinajstić information content (AvgIpc) is 3.08. The summed E-state index contributed by atoms with van der Waals surface area (Å²) in [6.45, 7) is 5.55. The first kappa shape index (κ1) is 21.0. The number of unbranched alkanes of at least 4 members (excludes halogenated alkanes) is 2. The van der Waals surface area contributed by atoms with Gasteiger partial charge in [0.25, 0.3) is 0 Å². The minimum Gasteiger partial charge on any atom is -0.494 e. The first-order chi connectivity index (χ1) is 15.1. The Balaban J connectivity index is 1.84. The van der Waals surface area contributed by atoms with Crippen LogP contribution in [0.3, 0.4) is 0 Å². The van der Waals surface area contributed by atoms with Gasteiger partial charge in [0.05, 0.1) is 17.6 Å². The minimum absolute atomic E-state index is 0.411. The molecule has 0 saturated carbocycles. The van der Waals surface area contributed by atoms with E-state index in [2.05, 4.69) is 47.9 Å². The molecule has 0 bridgehead atoms. The lowest BCUT2D eigenvalue weighted by Gasteiger charge is -2.10. The third-order valence-corrected chi connectivity index (χ3v) is 5.76. The number of amides is 1. The number of fused-ring (bicyclic) bond motifs is 3. The lowest BCUT2D eigenvalue weighted by atomic mass is 10.0. The van der Waals surface area contributed by atoms with Crippen molar-refractivity contribution in [3.63, 3.8) is 0 Å². The summed E-state index contributed by atoms with van der Waals surface area (Å²) in [7, 11) is 0. The summed E-state index contributed by atoms with van der Waals surface area (Å²) in [6.07, 6.45) is 4.62. The largest absolute Gasteiger partial charge is 0.494 e. The van der Waals surface area contributed by atoms with Crippen LogP contribution in [0, 0.1) is 6.07 Å². The number of nitrogens with zero attached hydrogens (tertiary/aromatic N) is 1. The number of primary amides is 1. The minimum atomic E-state index is -0.411. The first-order valence-electron chi connectivity index (χ1n) is 11.1. The Kier molecular flexibility index (Phi) is 6.26. The van der Waals surface area contributed by atoms with Gasteiger partial charge in [0.15, 0.2) is 0 Å². The fourth-order valence-corrected chi connectivity index (χ4v) is 4.24. The van der Waals surface area contributed by atoms with E-state index in [9.17, 15) is 4.79 Å². The van der Waals surface area contributed by atoms with Crippen LogP contribution in [0.2, 0.25) is 0 Å². The molecular formula is C27H29N2O2. The zero-order valence-electron chi connectivity index (χ0n) is 18.3. The van der Waals surface area contributed by atoms with E-state index in [-0.39, 0.29) is 0 Å². The van der Waals surface area contributed by atoms with Crippen LogP contribution in [-0.4, -0.2) is 17.1 Å².